The summed E-state index contributed by atoms with van der Waals surface area (Å²) < 4.78 is 21.1. The summed E-state index contributed by atoms with van der Waals surface area (Å²) >= 11 is 5.88. The van der Waals surface area contributed by atoms with Crippen LogP contribution in [0.2, 0.25) is 5.02 Å². The topological polar surface area (TPSA) is 100 Å². The summed E-state index contributed by atoms with van der Waals surface area (Å²) in [6.07, 6.45) is 0. The van der Waals surface area contributed by atoms with Gasteiger partial charge in [-0.05, 0) is 60.2 Å². The van der Waals surface area contributed by atoms with Crippen LogP contribution in [0.15, 0.2) is 66.7 Å². The summed E-state index contributed by atoms with van der Waals surface area (Å²) in [6, 6.07) is 17.9. The smallest absolute Gasteiger partial charge is 0.338 e. The molecule has 0 spiro atoms. The van der Waals surface area contributed by atoms with Gasteiger partial charge in [0.2, 0.25) is 0 Å². The van der Waals surface area contributed by atoms with Crippen molar-refractivity contribution in [1.82, 2.24) is 5.32 Å². The fourth-order valence-corrected chi connectivity index (χ4v) is 2.97. The number of imide groups is 1. The van der Waals surface area contributed by atoms with E-state index in [0.717, 1.165) is 5.56 Å². The summed E-state index contributed by atoms with van der Waals surface area (Å²) in [5.41, 5.74) is 1.33. The van der Waals surface area contributed by atoms with Crippen LogP contribution in [-0.4, -0.2) is 38.6 Å². The molecule has 34 heavy (non-hydrogen) atoms. The minimum atomic E-state index is -0.760. The zero-order chi connectivity index (χ0) is 24.5. The summed E-state index contributed by atoms with van der Waals surface area (Å²) in [5, 5.41) is 2.79. The first kappa shape index (κ1) is 24.6. The van der Waals surface area contributed by atoms with E-state index in [1.807, 2.05) is 12.1 Å². The van der Waals surface area contributed by atoms with E-state index >= 15 is 0 Å². The second kappa shape index (κ2) is 11.7. The average Bonchev–Trinajstić information content (AvgIpc) is 2.86. The zero-order valence-corrected chi connectivity index (χ0v) is 19.3. The molecular formula is C25H22ClNO7. The van der Waals surface area contributed by atoms with Gasteiger partial charge in [0, 0.05) is 10.6 Å². The number of carbonyl (C=O) groups excluding carboxylic acids is 3. The van der Waals surface area contributed by atoms with Crippen molar-refractivity contribution in [2.45, 2.75) is 6.61 Å². The number of amides is 2. The van der Waals surface area contributed by atoms with E-state index in [4.69, 9.17) is 30.5 Å². The molecule has 0 aliphatic heterocycles. The molecule has 0 unspecified atom stereocenters. The molecule has 2 amide bonds. The maximum Gasteiger partial charge on any atom is 0.338 e. The van der Waals surface area contributed by atoms with Crippen LogP contribution in [-0.2, 0) is 16.1 Å². The Bertz CT molecular complexity index is 1160. The third kappa shape index (κ3) is 6.73. The molecule has 0 bridgehead atoms. The number of ether oxygens (including phenoxy) is 4. The van der Waals surface area contributed by atoms with Crippen molar-refractivity contribution in [1.29, 1.82) is 0 Å². The Morgan fingerprint density at radius 2 is 1.50 bits per heavy atom. The molecule has 0 fully saturated rings. The Morgan fingerprint density at radius 1 is 0.824 bits per heavy atom. The molecule has 0 heterocycles. The first-order chi connectivity index (χ1) is 16.4. The van der Waals surface area contributed by atoms with E-state index in [2.05, 4.69) is 5.32 Å². The van der Waals surface area contributed by atoms with Gasteiger partial charge < -0.3 is 18.9 Å². The lowest BCUT2D eigenvalue weighted by Crippen LogP contribution is -2.34. The SMILES string of the molecule is COc1ccc(C(=O)NC(=O)COC(=O)c2ccc(OCc3ccc(Cl)cc3)c(OC)c2)cc1. The van der Waals surface area contributed by atoms with Crippen LogP contribution in [0.3, 0.4) is 0 Å². The van der Waals surface area contributed by atoms with Gasteiger partial charge in [0.05, 0.1) is 19.8 Å². The van der Waals surface area contributed by atoms with Crippen LogP contribution in [0.25, 0.3) is 0 Å². The third-order valence-electron chi connectivity index (χ3n) is 4.65. The van der Waals surface area contributed by atoms with Gasteiger partial charge in [-0.2, -0.15) is 0 Å². The highest BCUT2D eigenvalue weighted by atomic mass is 35.5. The molecule has 8 nitrogen and oxygen atoms in total. The third-order valence-corrected chi connectivity index (χ3v) is 4.90. The molecule has 0 radical (unpaired) electrons. The molecule has 176 valence electrons. The Balaban J connectivity index is 1.53. The fraction of sp³-hybridized carbons (Fsp3) is 0.160. The second-order valence-electron chi connectivity index (χ2n) is 6.96. The van der Waals surface area contributed by atoms with Crippen LogP contribution in [0.1, 0.15) is 26.3 Å². The predicted molar refractivity (Wildman–Crippen MR) is 125 cm³/mol. The molecule has 3 aromatic rings. The molecule has 0 aliphatic rings. The van der Waals surface area contributed by atoms with E-state index < -0.39 is 24.4 Å². The Kier molecular flexibility index (Phi) is 8.48. The molecule has 9 heteroatoms. The number of benzene rings is 3. The number of rotatable bonds is 9. The Morgan fingerprint density at radius 3 is 2.15 bits per heavy atom. The van der Waals surface area contributed by atoms with Crippen LogP contribution >= 0.6 is 11.6 Å². The van der Waals surface area contributed by atoms with E-state index in [1.54, 1.807) is 30.3 Å². The molecular weight excluding hydrogens is 462 g/mol. The molecule has 0 aliphatic carbocycles. The van der Waals surface area contributed by atoms with Crippen molar-refractivity contribution in [2.24, 2.45) is 0 Å². The molecule has 0 saturated carbocycles. The summed E-state index contributed by atoms with van der Waals surface area (Å²) in [7, 11) is 2.95. The summed E-state index contributed by atoms with van der Waals surface area (Å²) in [4.78, 5) is 36.5. The van der Waals surface area contributed by atoms with Crippen molar-refractivity contribution in [3.8, 4) is 17.2 Å². The lowest BCUT2D eigenvalue weighted by atomic mass is 10.2. The van der Waals surface area contributed by atoms with Gasteiger partial charge in [0.25, 0.3) is 11.8 Å². The first-order valence-electron chi connectivity index (χ1n) is 10.1. The van der Waals surface area contributed by atoms with Gasteiger partial charge in [-0.1, -0.05) is 23.7 Å². The number of halogens is 1. The van der Waals surface area contributed by atoms with Gasteiger partial charge in [-0.25, -0.2) is 4.79 Å². The minimum Gasteiger partial charge on any atom is -0.497 e. The van der Waals surface area contributed by atoms with E-state index in [-0.39, 0.29) is 17.7 Å². The van der Waals surface area contributed by atoms with Crippen LogP contribution in [0.5, 0.6) is 17.2 Å². The highest BCUT2D eigenvalue weighted by molar-refractivity contribution is 6.30. The maximum atomic E-state index is 12.4. The van der Waals surface area contributed by atoms with E-state index in [0.29, 0.717) is 22.3 Å². The van der Waals surface area contributed by atoms with Crippen LogP contribution in [0.4, 0.5) is 0 Å². The standard InChI is InChI=1S/C25H22ClNO7/c1-31-20-10-5-17(6-11-20)24(29)27-23(28)15-34-25(30)18-7-12-21(22(13-18)32-2)33-14-16-3-8-19(26)9-4-16/h3-13H,14-15H2,1-2H3,(H,27,28,29). The lowest BCUT2D eigenvalue weighted by Gasteiger charge is -2.12. The van der Waals surface area contributed by atoms with Crippen molar-refractivity contribution in [2.75, 3.05) is 20.8 Å². The largest absolute Gasteiger partial charge is 0.497 e. The number of carbonyl (C=O) groups is 3. The predicted octanol–water partition coefficient (Wildman–Crippen LogP) is 4.05. The van der Waals surface area contributed by atoms with Crippen LogP contribution < -0.4 is 19.5 Å². The average molecular weight is 484 g/mol. The minimum absolute atomic E-state index is 0.157. The normalized spacial score (nSPS) is 10.2. The number of hydrogen-bond acceptors (Lipinski definition) is 7. The van der Waals surface area contributed by atoms with Gasteiger partial charge in [0.1, 0.15) is 12.4 Å². The quantitative estimate of drug-likeness (QED) is 0.458. The van der Waals surface area contributed by atoms with E-state index in [1.165, 1.54) is 38.5 Å². The monoisotopic (exact) mass is 483 g/mol. The van der Waals surface area contributed by atoms with Gasteiger partial charge in [-0.15, -0.1) is 0 Å². The molecule has 0 saturated heterocycles. The van der Waals surface area contributed by atoms with Gasteiger partial charge in [-0.3, -0.25) is 14.9 Å². The van der Waals surface area contributed by atoms with Crippen molar-refractivity contribution >= 4 is 29.4 Å². The van der Waals surface area contributed by atoms with Crippen molar-refractivity contribution in [3.63, 3.8) is 0 Å². The van der Waals surface area contributed by atoms with Crippen molar-refractivity contribution < 1.29 is 33.3 Å². The fourth-order valence-electron chi connectivity index (χ4n) is 2.85. The van der Waals surface area contributed by atoms with E-state index in [9.17, 15) is 14.4 Å². The van der Waals surface area contributed by atoms with Gasteiger partial charge in [0.15, 0.2) is 18.1 Å². The molecule has 0 atom stereocenters. The van der Waals surface area contributed by atoms with Crippen LogP contribution in [0, 0.1) is 0 Å². The molecule has 0 aromatic heterocycles. The maximum absolute atomic E-state index is 12.4. The number of nitrogens with one attached hydrogen (secondary N) is 1. The number of methoxy groups -OCH3 is 2. The summed E-state index contributed by atoms with van der Waals surface area (Å²) in [6.45, 7) is -0.350. The highest BCUT2D eigenvalue weighted by Crippen LogP contribution is 2.29. The number of hydrogen-bond donors (Lipinski definition) is 1. The Hall–Kier alpha value is -4.04. The summed E-state index contributed by atoms with van der Waals surface area (Å²) in [5.74, 6) is -0.806. The van der Waals surface area contributed by atoms with Crippen molar-refractivity contribution in [3.05, 3.63) is 88.4 Å². The second-order valence-corrected chi connectivity index (χ2v) is 7.40. The first-order valence-corrected chi connectivity index (χ1v) is 10.5. The molecule has 1 N–H and O–H groups in total. The Labute approximate surface area is 201 Å². The highest BCUT2D eigenvalue weighted by Gasteiger charge is 2.16. The molecule has 3 aromatic carbocycles. The number of esters is 1. The lowest BCUT2D eigenvalue weighted by molar-refractivity contribution is -0.123. The zero-order valence-electron chi connectivity index (χ0n) is 18.5. The molecule has 3 rings (SSSR count). The van der Waals surface area contributed by atoms with Gasteiger partial charge >= 0.3 is 5.97 Å².